The standard InChI is InChI=1S/C15H20N2O4/c1-9-5-10(2)8-17(7-9)15(21)16-11-3-4-13(18)12(6-11)14(19)20/h3-4,6,9-10,18H,5,7-8H2,1-2H3,(H,16,21)(H,19,20). The number of anilines is 1. The smallest absolute Gasteiger partial charge is 0.339 e. The molecular formula is C15H20N2O4. The molecule has 114 valence electrons. The van der Waals surface area contributed by atoms with Gasteiger partial charge >= 0.3 is 12.0 Å². The third kappa shape index (κ3) is 3.65. The van der Waals surface area contributed by atoms with Crippen molar-refractivity contribution < 1.29 is 19.8 Å². The zero-order valence-electron chi connectivity index (χ0n) is 12.2. The lowest BCUT2D eigenvalue weighted by atomic mass is 9.92. The molecule has 1 aliphatic rings. The number of rotatable bonds is 2. The summed E-state index contributed by atoms with van der Waals surface area (Å²) in [5, 5.41) is 21.1. The van der Waals surface area contributed by atoms with E-state index in [0.717, 1.165) is 6.42 Å². The van der Waals surface area contributed by atoms with Crippen LogP contribution < -0.4 is 5.32 Å². The first kappa shape index (κ1) is 15.2. The number of carboxylic acids is 1. The lowest BCUT2D eigenvalue weighted by Gasteiger charge is -2.34. The molecule has 2 unspecified atom stereocenters. The van der Waals surface area contributed by atoms with Crippen molar-refractivity contribution in [1.82, 2.24) is 4.90 Å². The Bertz CT molecular complexity index is 549. The van der Waals surface area contributed by atoms with Gasteiger partial charge < -0.3 is 20.4 Å². The van der Waals surface area contributed by atoms with Gasteiger partial charge in [-0.15, -0.1) is 0 Å². The highest BCUT2D eigenvalue weighted by Gasteiger charge is 2.25. The third-order valence-corrected chi connectivity index (χ3v) is 3.63. The van der Waals surface area contributed by atoms with E-state index in [2.05, 4.69) is 19.2 Å². The van der Waals surface area contributed by atoms with Gasteiger partial charge in [-0.1, -0.05) is 13.8 Å². The molecule has 2 rings (SSSR count). The lowest BCUT2D eigenvalue weighted by molar-refractivity contribution is 0.0693. The van der Waals surface area contributed by atoms with E-state index in [4.69, 9.17) is 5.11 Å². The molecule has 6 nitrogen and oxygen atoms in total. The number of aromatic hydroxyl groups is 1. The van der Waals surface area contributed by atoms with Crippen molar-refractivity contribution in [1.29, 1.82) is 0 Å². The summed E-state index contributed by atoms with van der Waals surface area (Å²) < 4.78 is 0. The average molecular weight is 292 g/mol. The summed E-state index contributed by atoms with van der Waals surface area (Å²) in [6, 6.07) is 3.76. The number of carbonyl (C=O) groups is 2. The van der Waals surface area contributed by atoms with Crippen LogP contribution in [-0.4, -0.2) is 40.2 Å². The monoisotopic (exact) mass is 292 g/mol. The normalized spacial score (nSPS) is 21.9. The maximum Gasteiger partial charge on any atom is 0.339 e. The minimum atomic E-state index is -1.23. The second-order valence-corrected chi connectivity index (χ2v) is 5.82. The first-order chi connectivity index (χ1) is 9.86. The number of amides is 2. The Kier molecular flexibility index (Phi) is 4.35. The fourth-order valence-electron chi connectivity index (χ4n) is 2.82. The highest BCUT2D eigenvalue weighted by molar-refractivity contribution is 5.95. The summed E-state index contributed by atoms with van der Waals surface area (Å²) in [6.07, 6.45) is 1.10. The number of aromatic carboxylic acids is 1. The van der Waals surface area contributed by atoms with E-state index < -0.39 is 5.97 Å². The van der Waals surface area contributed by atoms with E-state index in [1.807, 2.05) is 0 Å². The Morgan fingerprint density at radius 3 is 2.43 bits per heavy atom. The molecule has 0 aliphatic carbocycles. The van der Waals surface area contributed by atoms with Crippen molar-refractivity contribution in [2.75, 3.05) is 18.4 Å². The van der Waals surface area contributed by atoms with E-state index >= 15 is 0 Å². The van der Waals surface area contributed by atoms with Gasteiger partial charge in [-0.05, 0) is 36.5 Å². The van der Waals surface area contributed by atoms with E-state index in [-0.39, 0.29) is 17.3 Å². The summed E-state index contributed by atoms with van der Waals surface area (Å²) in [5.41, 5.74) is 0.134. The van der Waals surface area contributed by atoms with Crippen molar-refractivity contribution in [3.63, 3.8) is 0 Å². The van der Waals surface area contributed by atoms with E-state index in [9.17, 15) is 14.7 Å². The van der Waals surface area contributed by atoms with Crippen LogP contribution in [0.25, 0.3) is 0 Å². The molecule has 1 fully saturated rings. The maximum absolute atomic E-state index is 12.2. The zero-order valence-corrected chi connectivity index (χ0v) is 12.2. The van der Waals surface area contributed by atoms with Crippen LogP contribution in [0.3, 0.4) is 0 Å². The van der Waals surface area contributed by atoms with Crippen molar-refractivity contribution in [3.05, 3.63) is 23.8 Å². The van der Waals surface area contributed by atoms with Crippen LogP contribution in [-0.2, 0) is 0 Å². The Labute approximate surface area is 123 Å². The molecule has 1 aromatic carbocycles. The molecule has 0 bridgehead atoms. The number of phenols is 1. The second kappa shape index (κ2) is 6.03. The van der Waals surface area contributed by atoms with Gasteiger partial charge in [-0.3, -0.25) is 0 Å². The summed E-state index contributed by atoms with van der Waals surface area (Å²) in [7, 11) is 0. The van der Waals surface area contributed by atoms with Crippen LogP contribution in [0, 0.1) is 11.8 Å². The molecule has 6 heteroatoms. The van der Waals surface area contributed by atoms with Crippen LogP contribution in [0.5, 0.6) is 5.75 Å². The van der Waals surface area contributed by atoms with Gasteiger partial charge in [0.2, 0.25) is 0 Å². The largest absolute Gasteiger partial charge is 0.507 e. The molecule has 0 spiro atoms. The van der Waals surface area contributed by atoms with Crippen LogP contribution in [0.4, 0.5) is 10.5 Å². The fraction of sp³-hybridized carbons (Fsp3) is 0.467. The molecule has 2 amide bonds. The van der Waals surface area contributed by atoms with Gasteiger partial charge in [0.25, 0.3) is 0 Å². The van der Waals surface area contributed by atoms with E-state index in [1.165, 1.54) is 18.2 Å². The number of carbonyl (C=O) groups excluding carboxylic acids is 1. The van der Waals surface area contributed by atoms with Crippen LogP contribution in [0.1, 0.15) is 30.6 Å². The summed E-state index contributed by atoms with van der Waals surface area (Å²) in [6.45, 7) is 5.61. The lowest BCUT2D eigenvalue weighted by Crippen LogP contribution is -2.44. The Hall–Kier alpha value is -2.24. The molecule has 21 heavy (non-hydrogen) atoms. The number of urea groups is 1. The molecule has 0 aromatic heterocycles. The van der Waals surface area contributed by atoms with Gasteiger partial charge in [-0.2, -0.15) is 0 Å². The van der Waals surface area contributed by atoms with E-state index in [1.54, 1.807) is 4.90 Å². The number of hydrogen-bond acceptors (Lipinski definition) is 3. The van der Waals surface area contributed by atoms with Crippen molar-refractivity contribution in [3.8, 4) is 5.75 Å². The minimum absolute atomic E-state index is 0.229. The van der Waals surface area contributed by atoms with Crippen molar-refractivity contribution in [2.24, 2.45) is 11.8 Å². The minimum Gasteiger partial charge on any atom is -0.507 e. The van der Waals surface area contributed by atoms with Gasteiger partial charge in [0, 0.05) is 18.8 Å². The molecule has 0 saturated carbocycles. The Morgan fingerprint density at radius 2 is 1.86 bits per heavy atom. The number of likely N-dealkylation sites (tertiary alicyclic amines) is 1. The first-order valence-electron chi connectivity index (χ1n) is 6.99. The van der Waals surface area contributed by atoms with Crippen molar-refractivity contribution >= 4 is 17.7 Å². The van der Waals surface area contributed by atoms with Crippen LogP contribution >= 0.6 is 0 Å². The number of piperidine rings is 1. The highest BCUT2D eigenvalue weighted by Crippen LogP contribution is 2.24. The molecule has 1 heterocycles. The SMILES string of the molecule is CC1CC(C)CN(C(=O)Nc2ccc(O)c(C(=O)O)c2)C1. The predicted octanol–water partition coefficient (Wildman–Crippen LogP) is 2.60. The topological polar surface area (TPSA) is 89.9 Å². The highest BCUT2D eigenvalue weighted by atomic mass is 16.4. The van der Waals surface area contributed by atoms with Gasteiger partial charge in [-0.25, -0.2) is 9.59 Å². The van der Waals surface area contributed by atoms with Gasteiger partial charge in [0.1, 0.15) is 11.3 Å². The van der Waals surface area contributed by atoms with Gasteiger partial charge in [0.15, 0.2) is 0 Å². The average Bonchev–Trinajstić information content (AvgIpc) is 2.39. The molecule has 0 radical (unpaired) electrons. The quantitative estimate of drug-likeness (QED) is 0.731. The molecule has 1 saturated heterocycles. The number of nitrogens with zero attached hydrogens (tertiary/aromatic N) is 1. The fourth-order valence-corrected chi connectivity index (χ4v) is 2.82. The van der Waals surface area contributed by atoms with Crippen LogP contribution in [0.15, 0.2) is 18.2 Å². The second-order valence-electron chi connectivity index (χ2n) is 5.82. The number of carboxylic acid groups (broad SMARTS) is 1. The van der Waals surface area contributed by atoms with Crippen LogP contribution in [0.2, 0.25) is 0 Å². The predicted molar refractivity (Wildman–Crippen MR) is 78.6 cm³/mol. The third-order valence-electron chi connectivity index (χ3n) is 3.63. The summed E-state index contributed by atoms with van der Waals surface area (Å²) in [5.74, 6) is -0.646. The zero-order chi connectivity index (χ0) is 15.6. The molecular weight excluding hydrogens is 272 g/mol. The Balaban J connectivity index is 2.09. The molecule has 2 atom stereocenters. The van der Waals surface area contributed by atoms with E-state index in [0.29, 0.717) is 30.6 Å². The maximum atomic E-state index is 12.2. The number of nitrogens with one attached hydrogen (secondary N) is 1. The summed E-state index contributed by atoms with van der Waals surface area (Å²) >= 11 is 0. The first-order valence-corrected chi connectivity index (χ1v) is 6.99. The molecule has 1 aromatic rings. The number of hydrogen-bond donors (Lipinski definition) is 3. The Morgan fingerprint density at radius 1 is 1.24 bits per heavy atom. The summed E-state index contributed by atoms with van der Waals surface area (Å²) in [4.78, 5) is 24.9. The number of benzene rings is 1. The molecule has 1 aliphatic heterocycles. The molecule has 3 N–H and O–H groups in total. The van der Waals surface area contributed by atoms with Gasteiger partial charge in [0.05, 0.1) is 0 Å². The van der Waals surface area contributed by atoms with Crippen molar-refractivity contribution in [2.45, 2.75) is 20.3 Å².